The monoisotopic (exact) mass is 325 g/mol. The van der Waals surface area contributed by atoms with Gasteiger partial charge in [-0.1, -0.05) is 11.2 Å². The highest BCUT2D eigenvalue weighted by Crippen LogP contribution is 2.25. The highest BCUT2D eigenvalue weighted by atomic mass is 16.5. The molecule has 6 heteroatoms. The lowest BCUT2D eigenvalue weighted by molar-refractivity contribution is 0.396. The maximum absolute atomic E-state index is 5.32. The molecule has 1 unspecified atom stereocenters. The van der Waals surface area contributed by atoms with Gasteiger partial charge >= 0.3 is 0 Å². The number of aryl methyl sites for hydroxylation is 1. The van der Waals surface area contributed by atoms with E-state index in [1.54, 1.807) is 25.5 Å². The third-order valence-corrected chi connectivity index (χ3v) is 4.39. The van der Waals surface area contributed by atoms with E-state index in [-0.39, 0.29) is 0 Å². The summed E-state index contributed by atoms with van der Waals surface area (Å²) in [5.74, 6) is 2.55. The van der Waals surface area contributed by atoms with Crippen LogP contribution in [0.1, 0.15) is 23.4 Å². The van der Waals surface area contributed by atoms with Gasteiger partial charge in [-0.3, -0.25) is 0 Å². The van der Waals surface area contributed by atoms with Gasteiger partial charge in [0.05, 0.1) is 19.9 Å². The Morgan fingerprint density at radius 2 is 2.25 bits per heavy atom. The second-order valence-corrected chi connectivity index (χ2v) is 5.95. The molecule has 0 fully saturated rings. The molecule has 2 aromatic heterocycles. The number of hydrogen-bond acceptors (Lipinski definition) is 6. The Balaban J connectivity index is 1.38. The van der Waals surface area contributed by atoms with Crippen LogP contribution in [-0.4, -0.2) is 23.3 Å². The summed E-state index contributed by atoms with van der Waals surface area (Å²) in [5.41, 5.74) is 2.76. The molecule has 3 aromatic rings. The molecule has 0 radical (unpaired) electrons. The normalized spacial score (nSPS) is 16.8. The van der Waals surface area contributed by atoms with E-state index in [2.05, 4.69) is 27.6 Å². The number of benzene rings is 1. The number of nitrogens with one attached hydrogen (secondary N) is 1. The van der Waals surface area contributed by atoms with E-state index in [4.69, 9.17) is 13.7 Å². The summed E-state index contributed by atoms with van der Waals surface area (Å²) in [6.07, 6.45) is 4.74. The number of hydrogen-bond donors (Lipinski definition) is 1. The average molecular weight is 325 g/mol. The van der Waals surface area contributed by atoms with Crippen molar-refractivity contribution < 1.29 is 13.7 Å². The largest absolute Gasteiger partial charge is 0.497 e. The van der Waals surface area contributed by atoms with E-state index in [1.165, 1.54) is 11.1 Å². The van der Waals surface area contributed by atoms with Crippen molar-refractivity contribution in [1.29, 1.82) is 0 Å². The van der Waals surface area contributed by atoms with Gasteiger partial charge in [0.1, 0.15) is 5.75 Å². The Hall–Kier alpha value is -2.60. The molecular formula is C18H19N3O3. The van der Waals surface area contributed by atoms with Crippen LogP contribution in [0.2, 0.25) is 0 Å². The minimum Gasteiger partial charge on any atom is -0.497 e. The molecule has 0 amide bonds. The SMILES string of the molecule is COc1ccc2c(c1)CC(NCc1noc(-c3ccco3)n1)CC2. The highest BCUT2D eigenvalue weighted by Gasteiger charge is 2.20. The number of methoxy groups -OCH3 is 1. The lowest BCUT2D eigenvalue weighted by atomic mass is 9.88. The molecule has 2 heterocycles. The summed E-state index contributed by atoms with van der Waals surface area (Å²) in [7, 11) is 1.70. The van der Waals surface area contributed by atoms with Crippen LogP contribution in [0.15, 0.2) is 45.5 Å². The molecule has 0 aliphatic heterocycles. The van der Waals surface area contributed by atoms with Crippen LogP contribution in [0, 0.1) is 0 Å². The van der Waals surface area contributed by atoms with E-state index in [9.17, 15) is 0 Å². The van der Waals surface area contributed by atoms with E-state index in [0.29, 0.717) is 30.1 Å². The summed E-state index contributed by atoms with van der Waals surface area (Å²) in [4.78, 5) is 4.35. The molecule has 1 atom stereocenters. The van der Waals surface area contributed by atoms with E-state index in [0.717, 1.165) is 25.0 Å². The van der Waals surface area contributed by atoms with Gasteiger partial charge < -0.3 is 19.0 Å². The molecule has 124 valence electrons. The van der Waals surface area contributed by atoms with Crippen LogP contribution in [-0.2, 0) is 19.4 Å². The number of furan rings is 1. The van der Waals surface area contributed by atoms with E-state index < -0.39 is 0 Å². The maximum Gasteiger partial charge on any atom is 0.293 e. The Bertz CT molecular complexity index is 811. The van der Waals surface area contributed by atoms with Crippen molar-refractivity contribution in [2.75, 3.05) is 7.11 Å². The zero-order valence-corrected chi connectivity index (χ0v) is 13.5. The van der Waals surface area contributed by atoms with Gasteiger partial charge in [0.15, 0.2) is 11.6 Å². The molecule has 24 heavy (non-hydrogen) atoms. The second kappa shape index (κ2) is 6.49. The van der Waals surface area contributed by atoms with Gasteiger partial charge in [-0.2, -0.15) is 4.98 Å². The smallest absolute Gasteiger partial charge is 0.293 e. The Morgan fingerprint density at radius 1 is 1.29 bits per heavy atom. The number of rotatable bonds is 5. The van der Waals surface area contributed by atoms with Crippen molar-refractivity contribution in [2.24, 2.45) is 0 Å². The lowest BCUT2D eigenvalue weighted by Crippen LogP contribution is -2.34. The molecule has 1 N–H and O–H groups in total. The molecule has 1 aromatic carbocycles. The topological polar surface area (TPSA) is 73.3 Å². The van der Waals surface area contributed by atoms with Gasteiger partial charge in [-0.15, -0.1) is 0 Å². The molecule has 4 rings (SSSR count). The van der Waals surface area contributed by atoms with Crippen molar-refractivity contribution in [1.82, 2.24) is 15.5 Å². The van der Waals surface area contributed by atoms with Crippen molar-refractivity contribution >= 4 is 0 Å². The van der Waals surface area contributed by atoms with Gasteiger partial charge in [0.25, 0.3) is 5.89 Å². The molecule has 6 nitrogen and oxygen atoms in total. The molecule has 0 spiro atoms. The third kappa shape index (κ3) is 3.05. The predicted octanol–water partition coefficient (Wildman–Crippen LogP) is 2.99. The Labute approximate surface area is 139 Å². The predicted molar refractivity (Wildman–Crippen MR) is 87.6 cm³/mol. The number of nitrogens with zero attached hydrogens (tertiary/aromatic N) is 2. The van der Waals surface area contributed by atoms with Gasteiger partial charge in [0, 0.05) is 6.04 Å². The average Bonchev–Trinajstić information content (AvgIpc) is 3.30. The first-order valence-corrected chi connectivity index (χ1v) is 8.07. The summed E-state index contributed by atoms with van der Waals surface area (Å²) >= 11 is 0. The first-order valence-electron chi connectivity index (χ1n) is 8.07. The van der Waals surface area contributed by atoms with Crippen molar-refractivity contribution in [2.45, 2.75) is 31.8 Å². The fourth-order valence-corrected chi connectivity index (χ4v) is 3.10. The van der Waals surface area contributed by atoms with Gasteiger partial charge in [-0.25, -0.2) is 0 Å². The molecule has 1 aliphatic rings. The van der Waals surface area contributed by atoms with Crippen molar-refractivity contribution in [3.05, 3.63) is 53.5 Å². The fourth-order valence-electron chi connectivity index (χ4n) is 3.10. The number of ether oxygens (including phenoxy) is 1. The van der Waals surface area contributed by atoms with Crippen LogP contribution in [0.3, 0.4) is 0 Å². The number of fused-ring (bicyclic) bond motifs is 1. The first-order chi connectivity index (χ1) is 11.8. The quantitative estimate of drug-likeness (QED) is 0.777. The fraction of sp³-hybridized carbons (Fsp3) is 0.333. The van der Waals surface area contributed by atoms with Crippen LogP contribution in [0.25, 0.3) is 11.7 Å². The summed E-state index contributed by atoms with van der Waals surface area (Å²) in [6.45, 7) is 0.578. The first kappa shape index (κ1) is 15.0. The summed E-state index contributed by atoms with van der Waals surface area (Å²) < 4.78 is 15.8. The van der Waals surface area contributed by atoms with Gasteiger partial charge in [-0.05, 0) is 54.7 Å². The maximum atomic E-state index is 5.32. The standard InChI is InChI=1S/C18H19N3O3/c1-22-15-7-5-12-4-6-14(9-13(12)10-15)19-11-17-20-18(24-21-17)16-3-2-8-23-16/h2-3,5,7-8,10,14,19H,4,6,9,11H2,1H3. The van der Waals surface area contributed by atoms with Crippen LogP contribution < -0.4 is 10.1 Å². The Kier molecular flexibility index (Phi) is 4.04. The van der Waals surface area contributed by atoms with E-state index >= 15 is 0 Å². The molecular weight excluding hydrogens is 306 g/mol. The van der Waals surface area contributed by atoms with Crippen LogP contribution >= 0.6 is 0 Å². The van der Waals surface area contributed by atoms with Crippen molar-refractivity contribution in [3.63, 3.8) is 0 Å². The minimum absolute atomic E-state index is 0.398. The summed E-state index contributed by atoms with van der Waals surface area (Å²) in [5, 5.41) is 7.52. The zero-order valence-electron chi connectivity index (χ0n) is 13.5. The minimum atomic E-state index is 0.398. The molecule has 0 bridgehead atoms. The Morgan fingerprint density at radius 3 is 3.08 bits per heavy atom. The van der Waals surface area contributed by atoms with Crippen molar-refractivity contribution in [3.8, 4) is 17.4 Å². The molecule has 1 aliphatic carbocycles. The van der Waals surface area contributed by atoms with E-state index in [1.807, 2.05) is 6.07 Å². The zero-order chi connectivity index (χ0) is 16.4. The van der Waals surface area contributed by atoms with Gasteiger partial charge in [0.2, 0.25) is 0 Å². The second-order valence-electron chi connectivity index (χ2n) is 5.95. The summed E-state index contributed by atoms with van der Waals surface area (Å²) in [6, 6.07) is 10.3. The van der Waals surface area contributed by atoms with Crippen LogP contribution in [0.5, 0.6) is 5.75 Å². The van der Waals surface area contributed by atoms with Crippen LogP contribution in [0.4, 0.5) is 0 Å². The highest BCUT2D eigenvalue weighted by molar-refractivity contribution is 5.42. The molecule has 0 saturated carbocycles. The lowest BCUT2D eigenvalue weighted by Gasteiger charge is -2.25. The number of aromatic nitrogens is 2. The molecule has 0 saturated heterocycles. The third-order valence-electron chi connectivity index (χ3n) is 4.39.